The molecule has 0 amide bonds. The highest BCUT2D eigenvalue weighted by Crippen LogP contribution is 2.30. The van der Waals surface area contributed by atoms with E-state index in [4.69, 9.17) is 14.7 Å². The van der Waals surface area contributed by atoms with E-state index in [9.17, 15) is 0 Å². The molecule has 19 heavy (non-hydrogen) atoms. The van der Waals surface area contributed by atoms with Crippen LogP contribution in [0.2, 0.25) is 0 Å². The standard InChI is InChI=1S/C14H15N3O2/c1-8(2)12(15)13-16-14(19-17-13)10-7-18-11-6-4-3-5-9(10)11/h3-8,12H,15H2,1-2H3. The molecule has 2 heterocycles. The Bertz CT molecular complexity index is 699. The lowest BCUT2D eigenvalue weighted by Gasteiger charge is -2.09. The van der Waals surface area contributed by atoms with Gasteiger partial charge in [0.15, 0.2) is 5.82 Å². The van der Waals surface area contributed by atoms with Crippen LogP contribution in [0.5, 0.6) is 0 Å². The maximum Gasteiger partial charge on any atom is 0.261 e. The Morgan fingerprint density at radius 3 is 2.79 bits per heavy atom. The second-order valence-electron chi connectivity index (χ2n) is 4.87. The fraction of sp³-hybridized carbons (Fsp3) is 0.286. The first-order chi connectivity index (χ1) is 9.16. The molecular weight excluding hydrogens is 242 g/mol. The first-order valence-electron chi connectivity index (χ1n) is 6.22. The van der Waals surface area contributed by atoms with Crippen LogP contribution in [0, 0.1) is 5.92 Å². The summed E-state index contributed by atoms with van der Waals surface area (Å²) in [7, 11) is 0. The molecule has 5 heteroatoms. The van der Waals surface area contributed by atoms with Gasteiger partial charge in [0.25, 0.3) is 5.89 Å². The fourth-order valence-electron chi connectivity index (χ4n) is 1.92. The summed E-state index contributed by atoms with van der Waals surface area (Å²) in [6, 6.07) is 7.49. The van der Waals surface area contributed by atoms with E-state index in [0.29, 0.717) is 11.7 Å². The van der Waals surface area contributed by atoms with Crippen LogP contribution in [0.3, 0.4) is 0 Å². The van der Waals surface area contributed by atoms with E-state index >= 15 is 0 Å². The van der Waals surface area contributed by atoms with E-state index < -0.39 is 0 Å². The van der Waals surface area contributed by atoms with E-state index in [0.717, 1.165) is 16.5 Å². The minimum Gasteiger partial charge on any atom is -0.463 e. The summed E-state index contributed by atoms with van der Waals surface area (Å²) in [6.45, 7) is 4.04. The number of para-hydroxylation sites is 1. The molecule has 5 nitrogen and oxygen atoms in total. The predicted molar refractivity (Wildman–Crippen MR) is 71.3 cm³/mol. The molecular formula is C14H15N3O2. The van der Waals surface area contributed by atoms with Gasteiger partial charge in [-0.15, -0.1) is 0 Å². The molecule has 0 saturated carbocycles. The van der Waals surface area contributed by atoms with Gasteiger partial charge < -0.3 is 14.7 Å². The molecule has 1 unspecified atom stereocenters. The Morgan fingerprint density at radius 1 is 1.21 bits per heavy atom. The van der Waals surface area contributed by atoms with Crippen molar-refractivity contribution < 1.29 is 8.94 Å². The second kappa shape index (κ2) is 4.51. The molecule has 0 saturated heterocycles. The van der Waals surface area contributed by atoms with E-state index in [2.05, 4.69) is 10.1 Å². The van der Waals surface area contributed by atoms with Crippen molar-refractivity contribution in [1.29, 1.82) is 0 Å². The van der Waals surface area contributed by atoms with Crippen LogP contribution in [0.1, 0.15) is 25.7 Å². The van der Waals surface area contributed by atoms with Gasteiger partial charge in [-0.1, -0.05) is 37.2 Å². The highest BCUT2D eigenvalue weighted by molar-refractivity contribution is 5.91. The Hall–Kier alpha value is -2.14. The monoisotopic (exact) mass is 257 g/mol. The van der Waals surface area contributed by atoms with Crippen molar-refractivity contribution in [2.75, 3.05) is 0 Å². The lowest BCUT2D eigenvalue weighted by Crippen LogP contribution is -2.18. The summed E-state index contributed by atoms with van der Waals surface area (Å²) in [5, 5.41) is 4.90. The van der Waals surface area contributed by atoms with Crippen molar-refractivity contribution in [3.05, 3.63) is 36.4 Å². The summed E-state index contributed by atoms with van der Waals surface area (Å²) in [5.41, 5.74) is 7.60. The lowest BCUT2D eigenvalue weighted by molar-refractivity contribution is 0.400. The zero-order valence-electron chi connectivity index (χ0n) is 10.8. The molecule has 1 aromatic carbocycles. The van der Waals surface area contributed by atoms with Crippen molar-refractivity contribution in [3.8, 4) is 11.5 Å². The van der Waals surface area contributed by atoms with E-state index in [1.54, 1.807) is 6.26 Å². The third-order valence-electron chi connectivity index (χ3n) is 3.17. The second-order valence-corrected chi connectivity index (χ2v) is 4.87. The van der Waals surface area contributed by atoms with Crippen LogP contribution < -0.4 is 5.73 Å². The molecule has 0 spiro atoms. The Morgan fingerprint density at radius 2 is 2.00 bits per heavy atom. The van der Waals surface area contributed by atoms with Crippen molar-refractivity contribution in [2.24, 2.45) is 11.7 Å². The summed E-state index contributed by atoms with van der Waals surface area (Å²) in [6.07, 6.45) is 1.63. The Kier molecular flexibility index (Phi) is 2.83. The van der Waals surface area contributed by atoms with Gasteiger partial charge in [-0.2, -0.15) is 4.98 Å². The minimum absolute atomic E-state index is 0.226. The SMILES string of the molecule is CC(C)C(N)c1noc(-c2coc3ccccc23)n1. The Labute approximate surface area is 110 Å². The zero-order valence-corrected chi connectivity index (χ0v) is 10.8. The van der Waals surface area contributed by atoms with Gasteiger partial charge in [0.2, 0.25) is 0 Å². The predicted octanol–water partition coefficient (Wildman–Crippen LogP) is 3.14. The van der Waals surface area contributed by atoms with Gasteiger partial charge in [-0.25, -0.2) is 0 Å². The molecule has 2 N–H and O–H groups in total. The smallest absolute Gasteiger partial charge is 0.261 e. The first kappa shape index (κ1) is 11.9. The summed E-state index contributed by atoms with van der Waals surface area (Å²) in [4.78, 5) is 4.36. The van der Waals surface area contributed by atoms with Gasteiger partial charge in [0.1, 0.15) is 11.8 Å². The third kappa shape index (κ3) is 2.02. The molecule has 1 atom stereocenters. The first-order valence-corrected chi connectivity index (χ1v) is 6.22. The highest BCUT2D eigenvalue weighted by atomic mass is 16.5. The average molecular weight is 257 g/mol. The lowest BCUT2D eigenvalue weighted by atomic mass is 10.1. The summed E-state index contributed by atoms with van der Waals surface area (Å²) >= 11 is 0. The zero-order chi connectivity index (χ0) is 13.4. The van der Waals surface area contributed by atoms with Crippen LogP contribution in [-0.4, -0.2) is 10.1 Å². The molecule has 3 rings (SSSR count). The topological polar surface area (TPSA) is 78.1 Å². The van der Waals surface area contributed by atoms with Gasteiger partial charge in [0, 0.05) is 5.39 Å². The molecule has 0 fully saturated rings. The normalized spacial score (nSPS) is 13.3. The van der Waals surface area contributed by atoms with Crippen molar-refractivity contribution in [3.63, 3.8) is 0 Å². The largest absolute Gasteiger partial charge is 0.463 e. The number of rotatable bonds is 3. The number of nitrogens with two attached hydrogens (primary N) is 1. The van der Waals surface area contributed by atoms with Gasteiger partial charge >= 0.3 is 0 Å². The fourth-order valence-corrected chi connectivity index (χ4v) is 1.92. The molecule has 2 aromatic heterocycles. The van der Waals surface area contributed by atoms with Gasteiger partial charge in [-0.3, -0.25) is 0 Å². The number of nitrogens with zero attached hydrogens (tertiary/aromatic N) is 2. The maximum absolute atomic E-state index is 6.01. The van der Waals surface area contributed by atoms with Crippen LogP contribution in [-0.2, 0) is 0 Å². The number of hydrogen-bond donors (Lipinski definition) is 1. The van der Waals surface area contributed by atoms with E-state index in [-0.39, 0.29) is 12.0 Å². The molecule has 0 aliphatic carbocycles. The minimum atomic E-state index is -0.226. The van der Waals surface area contributed by atoms with Crippen molar-refractivity contribution >= 4 is 11.0 Å². The molecule has 0 aliphatic heterocycles. The van der Waals surface area contributed by atoms with Crippen LogP contribution >= 0.6 is 0 Å². The van der Waals surface area contributed by atoms with Crippen LogP contribution in [0.25, 0.3) is 22.4 Å². The van der Waals surface area contributed by atoms with Gasteiger partial charge in [0.05, 0.1) is 11.6 Å². The van der Waals surface area contributed by atoms with E-state index in [1.165, 1.54) is 0 Å². The molecule has 0 aliphatic rings. The summed E-state index contributed by atoms with van der Waals surface area (Å²) in [5.74, 6) is 1.22. The Balaban J connectivity index is 2.03. The maximum atomic E-state index is 6.01. The van der Waals surface area contributed by atoms with Crippen molar-refractivity contribution in [1.82, 2.24) is 10.1 Å². The molecule has 0 radical (unpaired) electrons. The molecule has 0 bridgehead atoms. The number of aromatic nitrogens is 2. The van der Waals surface area contributed by atoms with Crippen molar-refractivity contribution in [2.45, 2.75) is 19.9 Å². The number of benzene rings is 1. The van der Waals surface area contributed by atoms with E-state index in [1.807, 2.05) is 38.1 Å². The van der Waals surface area contributed by atoms with Crippen LogP contribution in [0.4, 0.5) is 0 Å². The number of fused-ring (bicyclic) bond motifs is 1. The summed E-state index contributed by atoms with van der Waals surface area (Å²) < 4.78 is 10.7. The number of furan rings is 1. The third-order valence-corrected chi connectivity index (χ3v) is 3.17. The average Bonchev–Trinajstić information content (AvgIpc) is 3.03. The molecule has 98 valence electrons. The van der Waals surface area contributed by atoms with Crippen LogP contribution in [0.15, 0.2) is 39.5 Å². The quantitative estimate of drug-likeness (QED) is 0.779. The highest BCUT2D eigenvalue weighted by Gasteiger charge is 2.20. The number of hydrogen-bond acceptors (Lipinski definition) is 5. The molecule has 3 aromatic rings. The van der Waals surface area contributed by atoms with Gasteiger partial charge in [-0.05, 0) is 12.0 Å².